The number of rotatable bonds is 2. The zero-order valence-corrected chi connectivity index (χ0v) is 11.5. The molecule has 0 bridgehead atoms. The molecule has 20 heavy (non-hydrogen) atoms. The van der Waals surface area contributed by atoms with E-state index < -0.39 is 0 Å². The van der Waals surface area contributed by atoms with Crippen LogP contribution in [0.25, 0.3) is 6.08 Å². The molecule has 0 radical (unpaired) electrons. The number of benzene rings is 1. The highest BCUT2D eigenvalue weighted by molar-refractivity contribution is 5.91. The monoisotopic (exact) mass is 270 g/mol. The largest absolute Gasteiger partial charge is 0.393 e. The molecule has 1 N–H and O–H groups in total. The van der Waals surface area contributed by atoms with E-state index in [4.69, 9.17) is 5.26 Å². The van der Waals surface area contributed by atoms with Crippen LogP contribution in [0.2, 0.25) is 0 Å². The van der Waals surface area contributed by atoms with Crippen molar-refractivity contribution in [2.45, 2.75) is 19.4 Å². The second-order valence-corrected chi connectivity index (χ2v) is 5.19. The summed E-state index contributed by atoms with van der Waals surface area (Å²) < 4.78 is 0. The molecule has 1 aliphatic rings. The van der Waals surface area contributed by atoms with Crippen LogP contribution in [0.15, 0.2) is 30.3 Å². The van der Waals surface area contributed by atoms with Crippen LogP contribution >= 0.6 is 0 Å². The Labute approximate surface area is 118 Å². The third-order valence-electron chi connectivity index (χ3n) is 3.61. The molecule has 0 aromatic heterocycles. The van der Waals surface area contributed by atoms with Gasteiger partial charge in [0.25, 0.3) is 0 Å². The fraction of sp³-hybridized carbons (Fsp3) is 0.375. The highest BCUT2D eigenvalue weighted by atomic mass is 16.3. The average Bonchev–Trinajstić information content (AvgIpc) is 2.47. The number of hydrogen-bond acceptors (Lipinski definition) is 3. The first-order valence-electron chi connectivity index (χ1n) is 6.75. The molecule has 2 rings (SSSR count). The molecule has 1 aromatic carbocycles. The molecule has 1 amide bonds. The van der Waals surface area contributed by atoms with Crippen molar-refractivity contribution in [2.75, 3.05) is 13.1 Å². The Bertz CT molecular complexity index is 560. The van der Waals surface area contributed by atoms with Gasteiger partial charge in [0.05, 0.1) is 17.7 Å². The van der Waals surface area contributed by atoms with Gasteiger partial charge in [0.1, 0.15) is 0 Å². The van der Waals surface area contributed by atoms with E-state index in [9.17, 15) is 9.90 Å². The van der Waals surface area contributed by atoms with Gasteiger partial charge < -0.3 is 10.0 Å². The Morgan fingerprint density at radius 2 is 2.35 bits per heavy atom. The summed E-state index contributed by atoms with van der Waals surface area (Å²) in [7, 11) is 0. The fourth-order valence-corrected chi connectivity index (χ4v) is 2.32. The number of piperidine rings is 1. The van der Waals surface area contributed by atoms with Crippen molar-refractivity contribution in [3.63, 3.8) is 0 Å². The zero-order chi connectivity index (χ0) is 14.5. The first-order valence-corrected chi connectivity index (χ1v) is 6.75. The normalized spacial score (nSPS) is 22.8. The standard InChI is InChI=1S/C16H18N2O2/c1-12-11-18(8-7-15(12)19)16(20)6-5-13-3-2-4-14(9-13)10-17/h2-6,9,12,15,19H,7-8,11H2,1H3/b6-5+. The van der Waals surface area contributed by atoms with Crippen molar-refractivity contribution >= 4 is 12.0 Å². The van der Waals surface area contributed by atoms with Gasteiger partial charge >= 0.3 is 0 Å². The van der Waals surface area contributed by atoms with E-state index in [1.54, 1.807) is 29.2 Å². The van der Waals surface area contributed by atoms with Gasteiger partial charge in [0, 0.05) is 19.2 Å². The minimum absolute atomic E-state index is 0.0499. The second-order valence-electron chi connectivity index (χ2n) is 5.19. The molecule has 1 heterocycles. The molecule has 2 atom stereocenters. The molecule has 2 unspecified atom stereocenters. The quantitative estimate of drug-likeness (QED) is 0.833. The lowest BCUT2D eigenvalue weighted by molar-refractivity contribution is -0.129. The predicted octanol–water partition coefficient (Wildman–Crippen LogP) is 1.80. The van der Waals surface area contributed by atoms with E-state index >= 15 is 0 Å². The van der Waals surface area contributed by atoms with Crippen molar-refractivity contribution in [1.29, 1.82) is 5.26 Å². The van der Waals surface area contributed by atoms with E-state index in [2.05, 4.69) is 6.07 Å². The van der Waals surface area contributed by atoms with Crippen LogP contribution in [-0.2, 0) is 4.79 Å². The van der Waals surface area contributed by atoms with E-state index in [1.807, 2.05) is 13.0 Å². The third-order valence-corrected chi connectivity index (χ3v) is 3.61. The lowest BCUT2D eigenvalue weighted by atomic mass is 9.97. The summed E-state index contributed by atoms with van der Waals surface area (Å²) >= 11 is 0. The average molecular weight is 270 g/mol. The van der Waals surface area contributed by atoms with Crippen molar-refractivity contribution in [1.82, 2.24) is 4.90 Å². The maximum atomic E-state index is 12.1. The zero-order valence-electron chi connectivity index (χ0n) is 11.5. The number of hydrogen-bond donors (Lipinski definition) is 1. The molecular weight excluding hydrogens is 252 g/mol. The Hall–Kier alpha value is -2.12. The molecule has 104 valence electrons. The van der Waals surface area contributed by atoms with Crippen LogP contribution in [0.3, 0.4) is 0 Å². The molecule has 4 nitrogen and oxygen atoms in total. The fourth-order valence-electron chi connectivity index (χ4n) is 2.32. The molecule has 0 spiro atoms. The number of aliphatic hydroxyl groups is 1. The summed E-state index contributed by atoms with van der Waals surface area (Å²) in [6.07, 6.45) is 3.57. The topological polar surface area (TPSA) is 64.3 Å². The predicted molar refractivity (Wildman–Crippen MR) is 76.6 cm³/mol. The minimum atomic E-state index is -0.310. The highest BCUT2D eigenvalue weighted by Gasteiger charge is 2.25. The first kappa shape index (κ1) is 14.3. The number of aliphatic hydroxyl groups excluding tert-OH is 1. The van der Waals surface area contributed by atoms with Crippen LogP contribution in [-0.4, -0.2) is 35.1 Å². The number of likely N-dealkylation sites (tertiary alicyclic amines) is 1. The van der Waals surface area contributed by atoms with Crippen molar-refractivity contribution in [3.8, 4) is 6.07 Å². The van der Waals surface area contributed by atoms with Crippen LogP contribution < -0.4 is 0 Å². The summed E-state index contributed by atoms with van der Waals surface area (Å²) in [5.41, 5.74) is 1.41. The number of carbonyl (C=O) groups is 1. The maximum Gasteiger partial charge on any atom is 0.246 e. The second kappa shape index (κ2) is 6.36. The number of nitrogens with zero attached hydrogens (tertiary/aromatic N) is 2. The summed E-state index contributed by atoms with van der Waals surface area (Å²) in [5.74, 6) is 0.0640. The van der Waals surface area contributed by atoms with Gasteiger partial charge in [-0.3, -0.25) is 4.79 Å². The van der Waals surface area contributed by atoms with Gasteiger partial charge in [-0.25, -0.2) is 0 Å². The Morgan fingerprint density at radius 1 is 1.55 bits per heavy atom. The van der Waals surface area contributed by atoms with Gasteiger partial charge in [0.2, 0.25) is 5.91 Å². The lowest BCUT2D eigenvalue weighted by Crippen LogP contribution is -2.44. The van der Waals surface area contributed by atoms with E-state index in [1.165, 1.54) is 6.08 Å². The van der Waals surface area contributed by atoms with Gasteiger partial charge in [-0.2, -0.15) is 5.26 Å². The molecule has 1 saturated heterocycles. The van der Waals surface area contributed by atoms with E-state index in [0.717, 1.165) is 5.56 Å². The number of carbonyl (C=O) groups excluding carboxylic acids is 1. The van der Waals surface area contributed by atoms with Crippen molar-refractivity contribution < 1.29 is 9.90 Å². The summed E-state index contributed by atoms with van der Waals surface area (Å²) in [5, 5.41) is 18.5. The maximum absolute atomic E-state index is 12.1. The van der Waals surface area contributed by atoms with Crippen molar-refractivity contribution in [3.05, 3.63) is 41.5 Å². The minimum Gasteiger partial charge on any atom is -0.393 e. The number of amides is 1. The molecule has 1 aromatic rings. The lowest BCUT2D eigenvalue weighted by Gasteiger charge is -2.33. The van der Waals surface area contributed by atoms with Crippen LogP contribution in [0.4, 0.5) is 0 Å². The van der Waals surface area contributed by atoms with Crippen molar-refractivity contribution in [2.24, 2.45) is 5.92 Å². The van der Waals surface area contributed by atoms with Gasteiger partial charge in [-0.05, 0) is 36.1 Å². The van der Waals surface area contributed by atoms with Gasteiger partial charge in [0.15, 0.2) is 0 Å². The van der Waals surface area contributed by atoms with Crippen LogP contribution in [0, 0.1) is 17.2 Å². The van der Waals surface area contributed by atoms with Gasteiger partial charge in [-0.1, -0.05) is 19.1 Å². The molecule has 1 aliphatic heterocycles. The highest BCUT2D eigenvalue weighted by Crippen LogP contribution is 2.17. The molecule has 0 saturated carbocycles. The Kier molecular flexibility index (Phi) is 4.54. The molecule has 0 aliphatic carbocycles. The Balaban J connectivity index is 2.00. The smallest absolute Gasteiger partial charge is 0.246 e. The summed E-state index contributed by atoms with van der Waals surface area (Å²) in [4.78, 5) is 13.8. The molecular formula is C16H18N2O2. The summed E-state index contributed by atoms with van der Waals surface area (Å²) in [6.45, 7) is 3.12. The number of nitriles is 1. The van der Waals surface area contributed by atoms with Crippen LogP contribution in [0.1, 0.15) is 24.5 Å². The molecule has 1 fully saturated rings. The Morgan fingerprint density at radius 3 is 3.05 bits per heavy atom. The van der Waals surface area contributed by atoms with E-state index in [-0.39, 0.29) is 17.9 Å². The van der Waals surface area contributed by atoms with E-state index in [0.29, 0.717) is 25.1 Å². The third kappa shape index (κ3) is 3.46. The molecule has 4 heteroatoms. The SMILES string of the molecule is CC1CN(C(=O)/C=C/c2cccc(C#N)c2)CCC1O. The van der Waals surface area contributed by atoms with Gasteiger partial charge in [-0.15, -0.1) is 0 Å². The van der Waals surface area contributed by atoms with Crippen LogP contribution in [0.5, 0.6) is 0 Å². The first-order chi connectivity index (χ1) is 9.60. The summed E-state index contributed by atoms with van der Waals surface area (Å²) in [6, 6.07) is 9.19.